The maximum absolute atomic E-state index is 12.8. The van der Waals surface area contributed by atoms with Crippen LogP contribution in [0.25, 0.3) is 0 Å². The highest BCUT2D eigenvalue weighted by atomic mass is 16.6. The third kappa shape index (κ3) is 50.6. The molecule has 0 amide bonds. The van der Waals surface area contributed by atoms with Crippen molar-refractivity contribution in [3.8, 4) is 0 Å². The lowest BCUT2D eigenvalue weighted by Gasteiger charge is -2.18. The Labute approximate surface area is 397 Å². The predicted octanol–water partition coefficient (Wildman–Crippen LogP) is 18.5. The zero-order valence-corrected chi connectivity index (χ0v) is 42.8. The summed E-state index contributed by atoms with van der Waals surface area (Å²) in [6.07, 6.45) is 62.7. The molecule has 0 aliphatic heterocycles. The van der Waals surface area contributed by atoms with Gasteiger partial charge in [0.05, 0.1) is 0 Å². The molecule has 0 fully saturated rings. The van der Waals surface area contributed by atoms with E-state index in [1.165, 1.54) is 180 Å². The molecule has 0 aliphatic rings. The first kappa shape index (κ1) is 61.6. The number of hydrogen-bond donors (Lipinski definition) is 0. The second kappa shape index (κ2) is 53.2. The second-order valence-corrected chi connectivity index (χ2v) is 18.8. The second-order valence-electron chi connectivity index (χ2n) is 18.8. The van der Waals surface area contributed by atoms with Crippen LogP contribution in [0.1, 0.15) is 297 Å². The largest absolute Gasteiger partial charge is 0.462 e. The van der Waals surface area contributed by atoms with Gasteiger partial charge < -0.3 is 14.2 Å². The van der Waals surface area contributed by atoms with Gasteiger partial charge in [0, 0.05) is 19.3 Å². The Balaban J connectivity index is 4.37. The number of unbranched alkanes of at least 4 members (excludes halogenated alkanes) is 34. The fraction of sp³-hybridized carbons (Fsp3) is 0.845. The van der Waals surface area contributed by atoms with Gasteiger partial charge in [-0.05, 0) is 96.3 Å². The van der Waals surface area contributed by atoms with Gasteiger partial charge in [-0.2, -0.15) is 0 Å². The third-order valence-corrected chi connectivity index (χ3v) is 12.3. The van der Waals surface area contributed by atoms with E-state index in [4.69, 9.17) is 14.2 Å². The van der Waals surface area contributed by atoms with E-state index < -0.39 is 6.10 Å². The van der Waals surface area contributed by atoms with Crippen LogP contribution in [-0.4, -0.2) is 37.2 Å². The molecule has 0 bridgehead atoms. The molecular weight excluding hydrogens is 793 g/mol. The average molecular weight is 899 g/mol. The van der Waals surface area contributed by atoms with E-state index in [0.29, 0.717) is 19.3 Å². The molecule has 0 spiro atoms. The fourth-order valence-corrected chi connectivity index (χ4v) is 8.07. The van der Waals surface area contributed by atoms with Crippen LogP contribution in [0, 0.1) is 0 Å². The lowest BCUT2D eigenvalue weighted by Crippen LogP contribution is -2.30. The van der Waals surface area contributed by atoms with Gasteiger partial charge in [-0.1, -0.05) is 218 Å². The number of carbonyl (C=O) groups is 3. The summed E-state index contributed by atoms with van der Waals surface area (Å²) in [5, 5.41) is 0. The minimum Gasteiger partial charge on any atom is -0.462 e. The van der Waals surface area contributed by atoms with Crippen LogP contribution < -0.4 is 0 Å². The molecule has 0 aromatic rings. The van der Waals surface area contributed by atoms with E-state index in [2.05, 4.69) is 57.2 Å². The number of ether oxygens (including phenoxy) is 3. The summed E-state index contributed by atoms with van der Waals surface area (Å²) in [7, 11) is 0. The standard InChI is InChI=1S/C58H106O6/c1-4-7-10-13-16-19-22-25-27-28-29-31-33-36-39-42-45-48-51-57(60)63-54-55(53-62-56(59)50-47-44-41-38-35-32-24-21-18-15-12-9-6-3)64-58(61)52-49-46-43-40-37-34-30-26-23-20-17-14-11-8-5-2/h20,23,29,31-32,35,55H,4-19,21-22,24-28,30,33-34,36-54H2,1-3H3/b23-20-,31-29-,35-32-. The van der Waals surface area contributed by atoms with Crippen molar-refractivity contribution in [2.45, 2.75) is 303 Å². The van der Waals surface area contributed by atoms with Crippen molar-refractivity contribution in [1.82, 2.24) is 0 Å². The van der Waals surface area contributed by atoms with Gasteiger partial charge in [0.1, 0.15) is 13.2 Å². The van der Waals surface area contributed by atoms with Crippen LogP contribution in [0.5, 0.6) is 0 Å². The zero-order chi connectivity index (χ0) is 46.5. The minimum atomic E-state index is -0.782. The Kier molecular flexibility index (Phi) is 51.3. The van der Waals surface area contributed by atoms with E-state index in [1.807, 2.05) is 0 Å². The first-order valence-corrected chi connectivity index (χ1v) is 28.0. The van der Waals surface area contributed by atoms with E-state index in [1.54, 1.807) is 0 Å². The van der Waals surface area contributed by atoms with E-state index in [9.17, 15) is 14.4 Å². The summed E-state index contributed by atoms with van der Waals surface area (Å²) < 4.78 is 16.8. The van der Waals surface area contributed by atoms with Crippen LogP contribution in [-0.2, 0) is 28.6 Å². The first-order chi connectivity index (χ1) is 31.5. The van der Waals surface area contributed by atoms with Crippen molar-refractivity contribution in [3.63, 3.8) is 0 Å². The number of rotatable bonds is 51. The molecule has 374 valence electrons. The van der Waals surface area contributed by atoms with Crippen LogP contribution in [0.2, 0.25) is 0 Å². The van der Waals surface area contributed by atoms with E-state index in [-0.39, 0.29) is 31.1 Å². The molecule has 0 saturated carbocycles. The van der Waals surface area contributed by atoms with Gasteiger partial charge in [-0.15, -0.1) is 0 Å². The zero-order valence-electron chi connectivity index (χ0n) is 42.8. The maximum Gasteiger partial charge on any atom is 0.306 e. The smallest absolute Gasteiger partial charge is 0.306 e. The van der Waals surface area contributed by atoms with Gasteiger partial charge in [0.25, 0.3) is 0 Å². The summed E-state index contributed by atoms with van der Waals surface area (Å²) in [6, 6.07) is 0. The van der Waals surface area contributed by atoms with E-state index in [0.717, 1.165) is 77.0 Å². The molecular formula is C58H106O6. The van der Waals surface area contributed by atoms with Crippen LogP contribution in [0.15, 0.2) is 36.5 Å². The van der Waals surface area contributed by atoms with Crippen molar-refractivity contribution >= 4 is 17.9 Å². The Bertz CT molecular complexity index is 1080. The monoisotopic (exact) mass is 899 g/mol. The highest BCUT2D eigenvalue weighted by molar-refractivity contribution is 5.71. The molecule has 0 saturated heterocycles. The van der Waals surface area contributed by atoms with Crippen LogP contribution >= 0.6 is 0 Å². The topological polar surface area (TPSA) is 78.9 Å². The molecule has 0 N–H and O–H groups in total. The average Bonchev–Trinajstić information content (AvgIpc) is 3.29. The lowest BCUT2D eigenvalue weighted by molar-refractivity contribution is -0.167. The number of hydrogen-bond acceptors (Lipinski definition) is 6. The summed E-state index contributed by atoms with van der Waals surface area (Å²) in [4.78, 5) is 38.1. The summed E-state index contributed by atoms with van der Waals surface area (Å²) in [5.74, 6) is -0.897. The van der Waals surface area contributed by atoms with Crippen molar-refractivity contribution in [1.29, 1.82) is 0 Å². The normalized spacial score (nSPS) is 12.2. The van der Waals surface area contributed by atoms with Crippen LogP contribution in [0.3, 0.4) is 0 Å². The number of esters is 3. The number of allylic oxidation sites excluding steroid dienone is 6. The highest BCUT2D eigenvalue weighted by Crippen LogP contribution is 2.15. The lowest BCUT2D eigenvalue weighted by atomic mass is 10.1. The Morgan fingerprint density at radius 1 is 0.297 bits per heavy atom. The number of carbonyl (C=O) groups excluding carboxylic acids is 3. The molecule has 1 atom stereocenters. The summed E-state index contributed by atoms with van der Waals surface area (Å²) in [6.45, 7) is 6.62. The summed E-state index contributed by atoms with van der Waals surface area (Å²) >= 11 is 0. The molecule has 0 aliphatic carbocycles. The molecule has 0 radical (unpaired) electrons. The minimum absolute atomic E-state index is 0.0810. The molecule has 0 heterocycles. The van der Waals surface area contributed by atoms with Crippen molar-refractivity contribution in [3.05, 3.63) is 36.5 Å². The van der Waals surface area contributed by atoms with Crippen molar-refractivity contribution < 1.29 is 28.6 Å². The van der Waals surface area contributed by atoms with Crippen LogP contribution in [0.4, 0.5) is 0 Å². The van der Waals surface area contributed by atoms with Gasteiger partial charge in [0.15, 0.2) is 6.10 Å². The van der Waals surface area contributed by atoms with E-state index >= 15 is 0 Å². The maximum atomic E-state index is 12.8. The third-order valence-electron chi connectivity index (χ3n) is 12.3. The summed E-state index contributed by atoms with van der Waals surface area (Å²) in [5.41, 5.74) is 0. The Morgan fingerprint density at radius 3 is 0.812 bits per heavy atom. The molecule has 0 rings (SSSR count). The Morgan fingerprint density at radius 2 is 0.516 bits per heavy atom. The highest BCUT2D eigenvalue weighted by Gasteiger charge is 2.19. The molecule has 0 aromatic heterocycles. The first-order valence-electron chi connectivity index (χ1n) is 28.0. The SMILES string of the molecule is CCCCCC/C=C\CCCCCCCCCC(=O)OC(COC(=O)CCCCC/C=C\CCCCCCCC)COC(=O)CCCCCCC/C=C\CCCCCCCCCCC. The molecule has 1 unspecified atom stereocenters. The van der Waals surface area contributed by atoms with Crippen molar-refractivity contribution in [2.75, 3.05) is 13.2 Å². The molecule has 0 aromatic carbocycles. The molecule has 64 heavy (non-hydrogen) atoms. The van der Waals surface area contributed by atoms with Crippen molar-refractivity contribution in [2.24, 2.45) is 0 Å². The molecule has 6 heteroatoms. The van der Waals surface area contributed by atoms with Gasteiger partial charge >= 0.3 is 17.9 Å². The van der Waals surface area contributed by atoms with Gasteiger partial charge in [-0.3, -0.25) is 14.4 Å². The predicted molar refractivity (Wildman–Crippen MR) is 275 cm³/mol. The quantitative estimate of drug-likeness (QED) is 0.0262. The fourth-order valence-electron chi connectivity index (χ4n) is 8.07. The molecule has 6 nitrogen and oxygen atoms in total. The Hall–Kier alpha value is -2.37. The van der Waals surface area contributed by atoms with Gasteiger partial charge in [-0.25, -0.2) is 0 Å². The van der Waals surface area contributed by atoms with Gasteiger partial charge in [0.2, 0.25) is 0 Å².